The fourth-order valence-electron chi connectivity index (χ4n) is 3.47. The average molecular weight is 365 g/mol. The lowest BCUT2D eigenvalue weighted by Gasteiger charge is -2.27. The van der Waals surface area contributed by atoms with Crippen LogP contribution < -0.4 is 4.90 Å². The second-order valence-corrected chi connectivity index (χ2v) is 6.44. The van der Waals surface area contributed by atoms with Gasteiger partial charge in [-0.2, -0.15) is 10.1 Å². The van der Waals surface area contributed by atoms with Crippen LogP contribution in [0.15, 0.2) is 30.7 Å². The zero-order chi connectivity index (χ0) is 18.2. The van der Waals surface area contributed by atoms with E-state index >= 15 is 0 Å². The van der Waals surface area contributed by atoms with E-state index < -0.39 is 0 Å². The van der Waals surface area contributed by atoms with Crippen molar-refractivity contribution in [2.45, 2.75) is 6.54 Å². The first-order valence-corrected chi connectivity index (χ1v) is 8.94. The molecule has 1 fully saturated rings. The predicted molar refractivity (Wildman–Crippen MR) is 101 cm³/mol. The Morgan fingerprint density at radius 1 is 1.19 bits per heavy atom. The van der Waals surface area contributed by atoms with E-state index in [4.69, 9.17) is 14.7 Å². The van der Waals surface area contributed by atoms with E-state index in [1.54, 1.807) is 12.5 Å². The maximum Gasteiger partial charge on any atom is 0.228 e. The second-order valence-electron chi connectivity index (χ2n) is 6.44. The Bertz CT molecular complexity index is 1100. The molecule has 0 spiro atoms. The topological polar surface area (TPSA) is 105 Å². The number of rotatable bonds is 4. The van der Waals surface area contributed by atoms with Crippen LogP contribution in [0.25, 0.3) is 33.3 Å². The van der Waals surface area contributed by atoms with Gasteiger partial charge in [0, 0.05) is 30.6 Å². The van der Waals surface area contributed by atoms with Crippen molar-refractivity contribution >= 4 is 28.0 Å². The van der Waals surface area contributed by atoms with Crippen molar-refractivity contribution in [2.24, 2.45) is 0 Å². The molecule has 4 aromatic rings. The number of fused-ring (bicyclic) bond motifs is 2. The molecule has 1 aliphatic heterocycles. The zero-order valence-electron chi connectivity index (χ0n) is 14.7. The molecule has 138 valence electrons. The third-order valence-electron chi connectivity index (χ3n) is 4.83. The zero-order valence-corrected chi connectivity index (χ0v) is 14.7. The van der Waals surface area contributed by atoms with Gasteiger partial charge in [0.05, 0.1) is 37.9 Å². The normalized spacial score (nSPS) is 15.1. The van der Waals surface area contributed by atoms with Gasteiger partial charge in [0.25, 0.3) is 0 Å². The van der Waals surface area contributed by atoms with E-state index in [-0.39, 0.29) is 6.61 Å². The van der Waals surface area contributed by atoms with Crippen molar-refractivity contribution in [3.63, 3.8) is 0 Å². The molecule has 0 atom stereocenters. The van der Waals surface area contributed by atoms with Crippen LogP contribution in [0.3, 0.4) is 0 Å². The molecular formula is C18H19N7O2. The Morgan fingerprint density at radius 3 is 2.93 bits per heavy atom. The molecule has 0 bridgehead atoms. The van der Waals surface area contributed by atoms with Crippen molar-refractivity contribution in [1.29, 1.82) is 0 Å². The van der Waals surface area contributed by atoms with Gasteiger partial charge in [-0.25, -0.2) is 9.97 Å². The van der Waals surface area contributed by atoms with Crippen molar-refractivity contribution in [3.8, 4) is 11.3 Å². The molecule has 1 saturated heterocycles. The number of morpholine rings is 1. The maximum atomic E-state index is 9.38. The number of hydrogen-bond donors (Lipinski definition) is 2. The minimum atomic E-state index is 0.0228. The monoisotopic (exact) mass is 365 g/mol. The highest BCUT2D eigenvalue weighted by atomic mass is 16.5. The van der Waals surface area contributed by atoms with Crippen LogP contribution in [0.4, 0.5) is 5.95 Å². The van der Waals surface area contributed by atoms with Gasteiger partial charge in [-0.05, 0) is 6.07 Å². The molecule has 0 amide bonds. The van der Waals surface area contributed by atoms with Gasteiger partial charge in [0.15, 0.2) is 5.65 Å². The summed E-state index contributed by atoms with van der Waals surface area (Å²) < 4.78 is 7.32. The summed E-state index contributed by atoms with van der Waals surface area (Å²) in [6, 6.07) is 5.98. The smallest absolute Gasteiger partial charge is 0.228 e. The van der Waals surface area contributed by atoms with E-state index in [0.29, 0.717) is 31.2 Å². The third-order valence-corrected chi connectivity index (χ3v) is 4.83. The highest BCUT2D eigenvalue weighted by Crippen LogP contribution is 2.32. The van der Waals surface area contributed by atoms with Gasteiger partial charge in [-0.15, -0.1) is 0 Å². The minimum absolute atomic E-state index is 0.0228. The lowest BCUT2D eigenvalue weighted by atomic mass is 10.1. The molecule has 0 saturated carbocycles. The molecule has 4 heterocycles. The van der Waals surface area contributed by atoms with Crippen LogP contribution in [0, 0.1) is 0 Å². The minimum Gasteiger partial charge on any atom is -0.395 e. The SMILES string of the molecule is OCCn1cnc2c(-c3cccc4[nH]ncc34)nc(N3CCOCC3)nc21. The van der Waals surface area contributed by atoms with E-state index in [1.165, 1.54) is 0 Å². The number of anilines is 1. The van der Waals surface area contributed by atoms with Crippen molar-refractivity contribution in [2.75, 3.05) is 37.8 Å². The molecule has 9 heteroatoms. The number of aromatic nitrogens is 6. The Hall–Kier alpha value is -3.04. The summed E-state index contributed by atoms with van der Waals surface area (Å²) in [6.07, 6.45) is 3.51. The predicted octanol–water partition coefficient (Wildman–Crippen LogP) is 1.20. The van der Waals surface area contributed by atoms with E-state index in [1.807, 2.05) is 22.8 Å². The van der Waals surface area contributed by atoms with Gasteiger partial charge in [0.1, 0.15) is 11.2 Å². The first-order valence-electron chi connectivity index (χ1n) is 8.94. The van der Waals surface area contributed by atoms with Crippen LogP contribution in [-0.4, -0.2) is 67.7 Å². The van der Waals surface area contributed by atoms with Gasteiger partial charge in [-0.3, -0.25) is 5.10 Å². The summed E-state index contributed by atoms with van der Waals surface area (Å²) in [4.78, 5) is 16.3. The standard InChI is InChI=1S/C18H19N7O2/c26-7-4-25-11-19-16-15(12-2-1-3-14-13(12)10-20-23-14)21-18(22-17(16)25)24-5-8-27-9-6-24/h1-3,10-11,26H,4-9H2,(H,20,23). The van der Waals surface area contributed by atoms with Gasteiger partial charge in [0.2, 0.25) is 5.95 Å². The molecule has 1 aromatic carbocycles. The van der Waals surface area contributed by atoms with Gasteiger partial charge < -0.3 is 19.3 Å². The first kappa shape index (κ1) is 16.2. The molecule has 0 radical (unpaired) electrons. The van der Waals surface area contributed by atoms with E-state index in [2.05, 4.69) is 20.1 Å². The average Bonchev–Trinajstić information content (AvgIpc) is 3.35. The molecule has 3 aromatic heterocycles. The second kappa shape index (κ2) is 6.60. The summed E-state index contributed by atoms with van der Waals surface area (Å²) in [6.45, 7) is 3.26. The number of nitrogens with one attached hydrogen (secondary N) is 1. The van der Waals surface area contributed by atoms with Gasteiger partial charge >= 0.3 is 0 Å². The summed E-state index contributed by atoms with van der Waals surface area (Å²) in [7, 11) is 0. The molecule has 2 N–H and O–H groups in total. The number of aliphatic hydroxyl groups excluding tert-OH is 1. The Balaban J connectivity index is 1.75. The number of hydrogen-bond acceptors (Lipinski definition) is 7. The number of aliphatic hydroxyl groups is 1. The molecule has 5 rings (SSSR count). The van der Waals surface area contributed by atoms with Crippen LogP contribution >= 0.6 is 0 Å². The van der Waals surface area contributed by atoms with Crippen LogP contribution in [0.5, 0.6) is 0 Å². The number of H-pyrrole nitrogens is 1. The van der Waals surface area contributed by atoms with Crippen LogP contribution in [0.2, 0.25) is 0 Å². The molecule has 0 aliphatic carbocycles. The number of benzene rings is 1. The first-order chi connectivity index (χ1) is 13.3. The molecule has 0 unspecified atom stereocenters. The molecule has 27 heavy (non-hydrogen) atoms. The fraction of sp³-hybridized carbons (Fsp3) is 0.333. The van der Waals surface area contributed by atoms with Gasteiger partial charge in [-0.1, -0.05) is 12.1 Å². The lowest BCUT2D eigenvalue weighted by Crippen LogP contribution is -2.37. The van der Waals surface area contributed by atoms with Crippen LogP contribution in [0.1, 0.15) is 0 Å². The Kier molecular flexibility index (Phi) is 3.95. The molecule has 1 aliphatic rings. The number of aromatic amines is 1. The fourth-order valence-corrected chi connectivity index (χ4v) is 3.47. The highest BCUT2D eigenvalue weighted by molar-refractivity contribution is 6.00. The largest absolute Gasteiger partial charge is 0.395 e. The Labute approximate surface area is 154 Å². The maximum absolute atomic E-state index is 9.38. The van der Waals surface area contributed by atoms with E-state index in [0.717, 1.165) is 40.9 Å². The number of ether oxygens (including phenoxy) is 1. The highest BCUT2D eigenvalue weighted by Gasteiger charge is 2.21. The Morgan fingerprint density at radius 2 is 2.07 bits per heavy atom. The van der Waals surface area contributed by atoms with Crippen molar-refractivity contribution < 1.29 is 9.84 Å². The number of nitrogens with zero attached hydrogens (tertiary/aromatic N) is 6. The summed E-state index contributed by atoms with van der Waals surface area (Å²) in [5.74, 6) is 0.654. The van der Waals surface area contributed by atoms with E-state index in [9.17, 15) is 5.11 Å². The summed E-state index contributed by atoms with van der Waals surface area (Å²) in [5.41, 5.74) is 4.11. The van der Waals surface area contributed by atoms with Crippen molar-refractivity contribution in [1.82, 2.24) is 29.7 Å². The van der Waals surface area contributed by atoms with Crippen molar-refractivity contribution in [3.05, 3.63) is 30.7 Å². The van der Waals surface area contributed by atoms with Crippen LogP contribution in [-0.2, 0) is 11.3 Å². The number of imidazole rings is 1. The lowest BCUT2D eigenvalue weighted by molar-refractivity contribution is 0.122. The molecule has 9 nitrogen and oxygen atoms in total. The summed E-state index contributed by atoms with van der Waals surface area (Å²) >= 11 is 0. The third kappa shape index (κ3) is 2.71. The summed E-state index contributed by atoms with van der Waals surface area (Å²) in [5, 5.41) is 17.5. The molecular weight excluding hydrogens is 346 g/mol. The quantitative estimate of drug-likeness (QED) is 0.560.